The van der Waals surface area contributed by atoms with E-state index >= 15 is 0 Å². The number of alkyl halides is 2. The number of benzene rings is 1. The Morgan fingerprint density at radius 3 is 2.70 bits per heavy atom. The number of ether oxygens (including phenoxy) is 2. The minimum Gasteiger partial charge on any atom is -0.381 e. The molecule has 2 atom stereocenters. The molecule has 1 aromatic heterocycles. The Kier molecular flexibility index (Phi) is 9.05. The van der Waals surface area contributed by atoms with Crippen molar-refractivity contribution in [2.75, 3.05) is 59.2 Å². The Morgan fingerprint density at radius 1 is 1.15 bits per heavy atom. The lowest BCUT2D eigenvalue weighted by molar-refractivity contribution is -0.138. The number of amides is 1. The molecule has 2 N–H and O–H groups in total. The molecule has 4 heterocycles. The molecule has 3 saturated heterocycles. The van der Waals surface area contributed by atoms with Gasteiger partial charge in [-0.05, 0) is 44.2 Å². The number of likely N-dealkylation sites (tertiary alicyclic amines) is 1. The number of morpholine rings is 1. The van der Waals surface area contributed by atoms with Gasteiger partial charge in [0.1, 0.15) is 0 Å². The first-order chi connectivity index (χ1) is 19.4. The van der Waals surface area contributed by atoms with Crippen LogP contribution in [0.25, 0.3) is 16.7 Å². The van der Waals surface area contributed by atoms with Crippen LogP contribution in [0.15, 0.2) is 40.3 Å². The van der Waals surface area contributed by atoms with Crippen molar-refractivity contribution in [1.29, 1.82) is 0 Å². The van der Waals surface area contributed by atoms with E-state index in [4.69, 9.17) is 20.2 Å². The number of nitrogens with zero attached hydrogens (tertiary/aromatic N) is 6. The zero-order valence-electron chi connectivity index (χ0n) is 22.8. The third-order valence-electron chi connectivity index (χ3n) is 7.66. The first kappa shape index (κ1) is 28.2. The molecule has 3 fully saturated rings. The van der Waals surface area contributed by atoms with Crippen molar-refractivity contribution in [3.63, 3.8) is 0 Å². The van der Waals surface area contributed by atoms with E-state index in [0.717, 1.165) is 25.9 Å². The summed E-state index contributed by atoms with van der Waals surface area (Å²) in [5.74, 6) is 0.562. The monoisotopic (exact) mass is 557 g/mol. The van der Waals surface area contributed by atoms with Crippen LogP contribution in [-0.4, -0.2) is 96.2 Å². The lowest BCUT2D eigenvalue weighted by Crippen LogP contribution is -2.45. The normalized spacial score (nSPS) is 23.4. The standard InChI is InChI=1S/C28H37F2N7O3/c1-19(37-23-7-3-2-6-22(23)33-26(37)25(29)30)15-24(34-28(31)35-10-13-39-14-11-35)32-16-20-8-9-36(17-20)27(38)21-5-4-12-40-18-21/h2-3,6-7,15,20-21,25H,4-5,8-14,16-18H2,1H3,(H2,31,32,34)/b19-15+/t20-,21?/m1/s1. The molecule has 1 unspecified atom stereocenters. The fourth-order valence-corrected chi connectivity index (χ4v) is 5.51. The fourth-order valence-electron chi connectivity index (χ4n) is 5.51. The van der Waals surface area contributed by atoms with Gasteiger partial charge >= 0.3 is 0 Å². The maximum Gasteiger partial charge on any atom is 0.295 e. The van der Waals surface area contributed by atoms with Crippen LogP contribution < -0.4 is 5.73 Å². The van der Waals surface area contributed by atoms with E-state index in [2.05, 4.69) is 9.98 Å². The maximum absolute atomic E-state index is 14.0. The average molecular weight is 558 g/mol. The number of carbonyl (C=O) groups is 1. The number of imidazole rings is 1. The molecule has 1 aromatic carbocycles. The lowest BCUT2D eigenvalue weighted by atomic mass is 10.0. The van der Waals surface area contributed by atoms with Crippen LogP contribution in [-0.2, 0) is 14.3 Å². The van der Waals surface area contributed by atoms with Crippen molar-refractivity contribution in [2.24, 2.45) is 27.6 Å². The van der Waals surface area contributed by atoms with Crippen molar-refractivity contribution < 1.29 is 23.0 Å². The van der Waals surface area contributed by atoms with Crippen LogP contribution in [0.4, 0.5) is 8.78 Å². The van der Waals surface area contributed by atoms with E-state index in [1.165, 1.54) is 4.57 Å². The number of halogens is 2. The van der Waals surface area contributed by atoms with Gasteiger partial charge in [0.2, 0.25) is 5.91 Å². The minimum absolute atomic E-state index is 0.0656. The van der Waals surface area contributed by atoms with Crippen molar-refractivity contribution in [2.45, 2.75) is 32.6 Å². The highest BCUT2D eigenvalue weighted by molar-refractivity contribution is 6.04. The second-order valence-corrected chi connectivity index (χ2v) is 10.5. The Balaban J connectivity index is 1.39. The fraction of sp³-hybridized carbons (Fsp3) is 0.571. The molecule has 0 spiro atoms. The van der Waals surface area contributed by atoms with Gasteiger partial charge in [-0.2, -0.15) is 4.99 Å². The van der Waals surface area contributed by atoms with Gasteiger partial charge in [-0.3, -0.25) is 14.4 Å². The van der Waals surface area contributed by atoms with Gasteiger partial charge in [0.15, 0.2) is 17.6 Å². The van der Waals surface area contributed by atoms with Gasteiger partial charge in [0.05, 0.1) is 36.8 Å². The molecule has 3 aliphatic rings. The Hall–Kier alpha value is -3.38. The number of guanidine groups is 1. The van der Waals surface area contributed by atoms with Crippen molar-refractivity contribution in [3.8, 4) is 0 Å². The number of amidine groups is 1. The van der Waals surface area contributed by atoms with Gasteiger partial charge in [0.25, 0.3) is 6.43 Å². The quantitative estimate of drug-likeness (QED) is 0.432. The van der Waals surface area contributed by atoms with E-state index in [0.29, 0.717) is 81.1 Å². The Bertz CT molecular complexity index is 1280. The summed E-state index contributed by atoms with van der Waals surface area (Å²) in [6, 6.07) is 7.03. The number of fused-ring (bicyclic) bond motifs is 1. The summed E-state index contributed by atoms with van der Waals surface area (Å²) >= 11 is 0. The SMILES string of the molecule is C/C(=C\C(=NC[C@H]1CCN(C(=O)C2CCCOC2)C1)N=C(N)N1CCOCC1)n1c(C(F)F)nc2ccccc21. The van der Waals surface area contributed by atoms with Crippen LogP contribution in [0.2, 0.25) is 0 Å². The third-order valence-corrected chi connectivity index (χ3v) is 7.66. The number of allylic oxidation sites excluding steroid dienone is 1. The van der Waals surface area contributed by atoms with E-state index in [9.17, 15) is 13.6 Å². The summed E-state index contributed by atoms with van der Waals surface area (Å²) in [5.41, 5.74) is 7.91. The highest BCUT2D eigenvalue weighted by Crippen LogP contribution is 2.28. The van der Waals surface area contributed by atoms with Crippen LogP contribution in [0.5, 0.6) is 0 Å². The molecule has 10 nitrogen and oxygen atoms in total. The molecule has 0 saturated carbocycles. The molecule has 40 heavy (non-hydrogen) atoms. The van der Waals surface area contributed by atoms with E-state index < -0.39 is 6.43 Å². The van der Waals surface area contributed by atoms with Crippen LogP contribution in [0, 0.1) is 11.8 Å². The lowest BCUT2D eigenvalue weighted by Gasteiger charge is -2.27. The topological polar surface area (TPSA) is 111 Å². The molecule has 216 valence electrons. The van der Waals surface area contributed by atoms with Crippen molar-refractivity contribution >= 4 is 34.4 Å². The van der Waals surface area contributed by atoms with Crippen LogP contribution in [0.3, 0.4) is 0 Å². The summed E-state index contributed by atoms with van der Waals surface area (Å²) in [6.07, 6.45) is 1.53. The number of hydrogen-bond acceptors (Lipinski definition) is 5. The molecule has 0 bridgehead atoms. The Labute approximate surface area is 232 Å². The molecule has 0 aliphatic carbocycles. The van der Waals surface area contributed by atoms with Crippen LogP contribution in [0.1, 0.15) is 38.4 Å². The van der Waals surface area contributed by atoms with Crippen LogP contribution >= 0.6 is 0 Å². The van der Waals surface area contributed by atoms with Crippen molar-refractivity contribution in [3.05, 3.63) is 36.2 Å². The van der Waals surface area contributed by atoms with Gasteiger partial charge < -0.3 is 25.0 Å². The van der Waals surface area contributed by atoms with Gasteiger partial charge in [-0.25, -0.2) is 13.8 Å². The smallest absolute Gasteiger partial charge is 0.295 e. The zero-order chi connectivity index (χ0) is 28.1. The number of carbonyl (C=O) groups excluding carboxylic acids is 1. The molecule has 5 rings (SSSR count). The molecular weight excluding hydrogens is 520 g/mol. The van der Waals surface area contributed by atoms with Crippen molar-refractivity contribution in [1.82, 2.24) is 19.4 Å². The average Bonchev–Trinajstić information content (AvgIpc) is 3.62. The highest BCUT2D eigenvalue weighted by Gasteiger charge is 2.32. The summed E-state index contributed by atoms with van der Waals surface area (Å²) in [5, 5.41) is 0. The highest BCUT2D eigenvalue weighted by atomic mass is 19.3. The third kappa shape index (κ3) is 6.49. The Morgan fingerprint density at radius 2 is 1.95 bits per heavy atom. The summed E-state index contributed by atoms with van der Waals surface area (Å²) in [6.45, 7) is 7.02. The predicted molar refractivity (Wildman–Crippen MR) is 149 cm³/mol. The molecule has 0 radical (unpaired) electrons. The number of aliphatic imine (C=N–C) groups is 2. The van der Waals surface area contributed by atoms with Gasteiger partial charge in [0, 0.05) is 51.1 Å². The molecule has 3 aliphatic heterocycles. The van der Waals surface area contributed by atoms with E-state index in [-0.39, 0.29) is 23.6 Å². The summed E-state index contributed by atoms with van der Waals surface area (Å²) in [4.78, 5) is 30.3. The summed E-state index contributed by atoms with van der Waals surface area (Å²) in [7, 11) is 0. The van der Waals surface area contributed by atoms with Gasteiger partial charge in [-0.1, -0.05) is 12.1 Å². The number of hydrogen-bond donors (Lipinski definition) is 1. The second-order valence-electron chi connectivity index (χ2n) is 10.5. The number of aromatic nitrogens is 2. The molecule has 12 heteroatoms. The van der Waals surface area contributed by atoms with E-state index in [1.54, 1.807) is 37.3 Å². The molecule has 2 aromatic rings. The zero-order valence-corrected chi connectivity index (χ0v) is 22.8. The number of nitrogens with two attached hydrogens (primary N) is 1. The first-order valence-corrected chi connectivity index (χ1v) is 13.9. The van der Waals surface area contributed by atoms with Gasteiger partial charge in [-0.15, -0.1) is 0 Å². The number of para-hydroxylation sites is 2. The predicted octanol–water partition coefficient (Wildman–Crippen LogP) is 3.16. The van der Waals surface area contributed by atoms with E-state index in [1.807, 2.05) is 9.80 Å². The maximum atomic E-state index is 14.0. The first-order valence-electron chi connectivity index (χ1n) is 13.9. The number of rotatable bonds is 6. The minimum atomic E-state index is -2.75. The second kappa shape index (κ2) is 12.9. The largest absolute Gasteiger partial charge is 0.381 e. The summed E-state index contributed by atoms with van der Waals surface area (Å²) < 4.78 is 40.3. The molecular formula is C28H37F2N7O3. The molecule has 1 amide bonds.